The lowest BCUT2D eigenvalue weighted by molar-refractivity contribution is -0.118. The molecule has 1 aromatic heterocycles. The predicted molar refractivity (Wildman–Crippen MR) is 120 cm³/mol. The van der Waals surface area contributed by atoms with Crippen LogP contribution in [0.5, 0.6) is 23.0 Å². The summed E-state index contributed by atoms with van der Waals surface area (Å²) < 4.78 is 23.8. The lowest BCUT2D eigenvalue weighted by atomic mass is 9.89. The number of hydrogen-bond acceptors (Lipinski definition) is 7. The summed E-state index contributed by atoms with van der Waals surface area (Å²) >= 11 is 7.28. The number of carbonyl (C=O) groups is 1. The quantitative estimate of drug-likeness (QED) is 0.567. The van der Waals surface area contributed by atoms with Crippen LogP contribution < -0.4 is 28.7 Å². The SMILES string of the molecule is COc1cc([C@@H]2CC(=O)N(c3cccc(Cl)c3)c3c2sc(=O)n3C)c(OC)c2c1OCO2. The molecule has 2 aromatic carbocycles. The zero-order chi connectivity index (χ0) is 22.6. The number of anilines is 2. The molecule has 1 atom stereocenters. The van der Waals surface area contributed by atoms with Gasteiger partial charge in [0.15, 0.2) is 11.5 Å². The van der Waals surface area contributed by atoms with E-state index >= 15 is 0 Å². The average molecular weight is 475 g/mol. The normalized spacial score (nSPS) is 16.8. The van der Waals surface area contributed by atoms with E-state index in [1.807, 2.05) is 0 Å². The van der Waals surface area contributed by atoms with Crippen LogP contribution in [0.1, 0.15) is 22.8 Å². The molecule has 5 rings (SSSR count). The number of rotatable bonds is 4. The van der Waals surface area contributed by atoms with Crippen molar-refractivity contribution >= 4 is 40.4 Å². The van der Waals surface area contributed by atoms with Gasteiger partial charge in [0.2, 0.25) is 24.2 Å². The highest BCUT2D eigenvalue weighted by Crippen LogP contribution is 2.55. The highest BCUT2D eigenvalue weighted by atomic mass is 35.5. The van der Waals surface area contributed by atoms with E-state index in [0.717, 1.165) is 16.2 Å². The number of carbonyl (C=O) groups excluding carboxylic acids is 1. The van der Waals surface area contributed by atoms with Crippen LogP contribution in [0.25, 0.3) is 0 Å². The molecule has 166 valence electrons. The van der Waals surface area contributed by atoms with Crippen molar-refractivity contribution in [3.05, 3.63) is 55.5 Å². The van der Waals surface area contributed by atoms with Crippen LogP contribution >= 0.6 is 22.9 Å². The third-order valence-electron chi connectivity index (χ3n) is 5.62. The number of benzene rings is 2. The van der Waals surface area contributed by atoms with Crippen molar-refractivity contribution in [2.45, 2.75) is 12.3 Å². The number of fused-ring (bicyclic) bond motifs is 2. The summed E-state index contributed by atoms with van der Waals surface area (Å²) in [6.45, 7) is 0.0432. The zero-order valence-electron chi connectivity index (χ0n) is 17.5. The van der Waals surface area contributed by atoms with Gasteiger partial charge in [-0.25, -0.2) is 0 Å². The van der Waals surface area contributed by atoms with Gasteiger partial charge in [0.1, 0.15) is 5.82 Å². The Labute approximate surface area is 192 Å². The minimum Gasteiger partial charge on any atom is -0.493 e. The Balaban J connectivity index is 1.73. The molecule has 10 heteroatoms. The average Bonchev–Trinajstić information content (AvgIpc) is 3.38. The number of thiazole rings is 1. The maximum Gasteiger partial charge on any atom is 0.308 e. The zero-order valence-corrected chi connectivity index (χ0v) is 19.1. The van der Waals surface area contributed by atoms with Crippen molar-refractivity contribution in [2.75, 3.05) is 25.9 Å². The Bertz CT molecular complexity index is 1300. The molecule has 0 aliphatic carbocycles. The van der Waals surface area contributed by atoms with Crippen LogP contribution in [-0.4, -0.2) is 31.5 Å². The molecule has 0 unspecified atom stereocenters. The fourth-order valence-corrected chi connectivity index (χ4v) is 5.48. The second-order valence-corrected chi connectivity index (χ2v) is 8.78. The number of ether oxygens (including phenoxy) is 4. The lowest BCUT2D eigenvalue weighted by Crippen LogP contribution is -2.34. The molecule has 32 heavy (non-hydrogen) atoms. The summed E-state index contributed by atoms with van der Waals surface area (Å²) in [5, 5.41) is 0.501. The molecule has 0 bridgehead atoms. The number of methoxy groups -OCH3 is 2. The van der Waals surface area contributed by atoms with E-state index < -0.39 is 5.92 Å². The van der Waals surface area contributed by atoms with Crippen LogP contribution in [0.3, 0.4) is 0 Å². The molecular formula is C22H19ClN2O6S. The first kappa shape index (κ1) is 20.7. The van der Waals surface area contributed by atoms with Gasteiger partial charge in [-0.05, 0) is 24.3 Å². The topological polar surface area (TPSA) is 79.2 Å². The number of halogens is 1. The van der Waals surface area contributed by atoms with Crippen LogP contribution in [0.4, 0.5) is 11.5 Å². The minimum atomic E-state index is -0.426. The van der Waals surface area contributed by atoms with Crippen molar-refractivity contribution in [1.82, 2.24) is 4.57 Å². The summed E-state index contributed by atoms with van der Waals surface area (Å²) in [4.78, 5) is 28.3. The highest BCUT2D eigenvalue weighted by molar-refractivity contribution is 7.10. The second-order valence-electron chi connectivity index (χ2n) is 7.35. The van der Waals surface area contributed by atoms with Gasteiger partial charge in [-0.2, -0.15) is 0 Å². The van der Waals surface area contributed by atoms with Crippen LogP contribution in [-0.2, 0) is 11.8 Å². The van der Waals surface area contributed by atoms with Gasteiger partial charge in [0.05, 0.1) is 24.8 Å². The van der Waals surface area contributed by atoms with E-state index in [-0.39, 0.29) is 24.0 Å². The number of hydrogen-bond donors (Lipinski definition) is 0. The van der Waals surface area contributed by atoms with Gasteiger partial charge in [-0.15, -0.1) is 0 Å². The van der Waals surface area contributed by atoms with Crippen molar-refractivity contribution in [3.8, 4) is 23.0 Å². The molecular weight excluding hydrogens is 456 g/mol. The van der Waals surface area contributed by atoms with E-state index in [1.165, 1.54) is 18.8 Å². The molecule has 3 aromatic rings. The van der Waals surface area contributed by atoms with Crippen molar-refractivity contribution in [2.24, 2.45) is 7.05 Å². The van der Waals surface area contributed by atoms with Crippen molar-refractivity contribution in [3.63, 3.8) is 0 Å². The molecule has 0 saturated heterocycles. The van der Waals surface area contributed by atoms with Gasteiger partial charge in [-0.1, -0.05) is 29.0 Å². The van der Waals surface area contributed by atoms with Crippen LogP contribution in [0, 0.1) is 0 Å². The van der Waals surface area contributed by atoms with Gasteiger partial charge in [-0.3, -0.25) is 19.1 Å². The maximum atomic E-state index is 13.4. The van der Waals surface area contributed by atoms with Crippen LogP contribution in [0.15, 0.2) is 35.1 Å². The smallest absolute Gasteiger partial charge is 0.308 e. The first-order chi connectivity index (χ1) is 15.4. The molecule has 8 nitrogen and oxygen atoms in total. The van der Waals surface area contributed by atoms with E-state index in [1.54, 1.807) is 42.3 Å². The fraction of sp³-hybridized carbons (Fsp3) is 0.273. The Morgan fingerprint density at radius 3 is 2.62 bits per heavy atom. The molecule has 0 saturated carbocycles. The van der Waals surface area contributed by atoms with Crippen LogP contribution in [0.2, 0.25) is 5.02 Å². The van der Waals surface area contributed by atoms with E-state index in [2.05, 4.69) is 0 Å². The Kier molecular flexibility index (Phi) is 5.02. The fourth-order valence-electron chi connectivity index (χ4n) is 4.21. The van der Waals surface area contributed by atoms with Crippen molar-refractivity contribution < 1.29 is 23.7 Å². The Morgan fingerprint density at radius 1 is 1.12 bits per heavy atom. The summed E-state index contributed by atoms with van der Waals surface area (Å²) in [5.74, 6) is 1.74. The minimum absolute atomic E-state index is 0.0432. The summed E-state index contributed by atoms with van der Waals surface area (Å²) in [6.07, 6.45) is 0.124. The molecule has 2 aliphatic heterocycles. The summed E-state index contributed by atoms with van der Waals surface area (Å²) in [6, 6.07) is 8.79. The largest absolute Gasteiger partial charge is 0.493 e. The highest BCUT2D eigenvalue weighted by Gasteiger charge is 2.40. The number of nitrogens with zero attached hydrogens (tertiary/aromatic N) is 2. The molecule has 0 radical (unpaired) electrons. The molecule has 0 fully saturated rings. The van der Waals surface area contributed by atoms with Crippen molar-refractivity contribution in [1.29, 1.82) is 0 Å². The van der Waals surface area contributed by atoms with E-state index in [9.17, 15) is 9.59 Å². The monoisotopic (exact) mass is 474 g/mol. The van der Waals surface area contributed by atoms with Gasteiger partial charge in [0.25, 0.3) is 0 Å². The third kappa shape index (κ3) is 3.03. The summed E-state index contributed by atoms with van der Waals surface area (Å²) in [5.41, 5.74) is 1.29. The number of aromatic nitrogens is 1. The van der Waals surface area contributed by atoms with E-state index in [0.29, 0.717) is 45.1 Å². The molecule has 2 aliphatic rings. The third-order valence-corrected chi connectivity index (χ3v) is 6.99. The first-order valence-corrected chi connectivity index (χ1v) is 11.0. The van der Waals surface area contributed by atoms with Gasteiger partial charge in [0, 0.05) is 30.0 Å². The summed E-state index contributed by atoms with van der Waals surface area (Å²) in [7, 11) is 4.72. The standard InChI is InChI=1S/C22H19ClN2O6S/c1-24-21-20(32-22(24)27)14(9-16(26)25(21)12-6-4-5-11(23)7-12)13-8-15(28-2)18-19(17(13)29-3)31-10-30-18/h4-8,14H,9-10H2,1-3H3/t14-/m0/s1. The number of amides is 1. The Hall–Kier alpha value is -3.17. The lowest BCUT2D eigenvalue weighted by Gasteiger charge is -2.33. The molecule has 1 amide bonds. The first-order valence-electron chi connectivity index (χ1n) is 9.77. The van der Waals surface area contributed by atoms with Gasteiger partial charge >= 0.3 is 4.87 Å². The Morgan fingerprint density at radius 2 is 1.91 bits per heavy atom. The predicted octanol–water partition coefficient (Wildman–Crippen LogP) is 4.05. The molecule has 0 N–H and O–H groups in total. The molecule has 3 heterocycles. The maximum absolute atomic E-state index is 13.4. The van der Waals surface area contributed by atoms with E-state index in [4.69, 9.17) is 30.5 Å². The second kappa shape index (κ2) is 7.75. The molecule has 0 spiro atoms. The van der Waals surface area contributed by atoms with Gasteiger partial charge < -0.3 is 18.9 Å².